The normalized spacial score (nSPS) is 14.2. The van der Waals surface area contributed by atoms with Gasteiger partial charge in [-0.3, -0.25) is 0 Å². The van der Waals surface area contributed by atoms with Crippen molar-refractivity contribution in [3.63, 3.8) is 0 Å². The van der Waals surface area contributed by atoms with Crippen molar-refractivity contribution >= 4 is 0 Å². The minimum absolute atomic E-state index is 0.101. The molecule has 0 nitrogen and oxygen atoms in total. The highest BCUT2D eigenvalue weighted by Gasteiger charge is 2.28. The molecule has 0 heterocycles. The van der Waals surface area contributed by atoms with Crippen molar-refractivity contribution in [1.29, 1.82) is 0 Å². The van der Waals surface area contributed by atoms with Gasteiger partial charge in [-0.2, -0.15) is 0 Å². The average Bonchev–Trinajstić information content (AvgIpc) is 2.45. The van der Waals surface area contributed by atoms with Crippen molar-refractivity contribution in [1.82, 2.24) is 0 Å². The summed E-state index contributed by atoms with van der Waals surface area (Å²) in [4.78, 5) is 0. The molecule has 0 heteroatoms. The lowest BCUT2D eigenvalue weighted by molar-refractivity contribution is 0.546. The Labute approximate surface area is 117 Å². The zero-order chi connectivity index (χ0) is 14.0. The van der Waals surface area contributed by atoms with Gasteiger partial charge in [0.05, 0.1) is 0 Å². The molecule has 0 saturated carbocycles. The Morgan fingerprint density at radius 2 is 1.47 bits per heavy atom. The largest absolute Gasteiger partial charge is 0.0642 e. The maximum absolute atomic E-state index is 2.36. The van der Waals surface area contributed by atoms with E-state index in [2.05, 4.69) is 77.1 Å². The summed E-state index contributed by atoms with van der Waals surface area (Å²) in [6.07, 6.45) is 1.11. The van der Waals surface area contributed by atoms with Crippen LogP contribution in [0.4, 0.5) is 0 Å². The molecule has 2 aromatic rings. The minimum Gasteiger partial charge on any atom is -0.0642 e. The van der Waals surface area contributed by atoms with Crippen molar-refractivity contribution in [2.75, 3.05) is 0 Å². The van der Waals surface area contributed by atoms with E-state index in [1.807, 2.05) is 0 Å². The van der Waals surface area contributed by atoms with E-state index in [1.165, 1.54) is 27.8 Å². The van der Waals surface area contributed by atoms with Gasteiger partial charge in [-0.1, -0.05) is 56.3 Å². The zero-order valence-electron chi connectivity index (χ0n) is 12.7. The Bertz CT molecular complexity index is 566. The Morgan fingerprint density at radius 1 is 0.842 bits per heavy atom. The molecule has 0 aromatic heterocycles. The summed E-state index contributed by atoms with van der Waals surface area (Å²) in [5, 5.41) is 0. The summed E-state index contributed by atoms with van der Waals surface area (Å²) >= 11 is 0. The first-order chi connectivity index (χ1) is 9.00. The lowest BCUT2D eigenvalue weighted by atomic mass is 9.72. The fourth-order valence-electron chi connectivity index (χ4n) is 2.91. The highest BCUT2D eigenvalue weighted by atomic mass is 14.3. The summed E-state index contributed by atoms with van der Waals surface area (Å²) in [6.45, 7) is 11.3. The molecule has 1 unspecified atom stereocenters. The molecule has 2 aromatic carbocycles. The molecular weight excluding hydrogens is 228 g/mol. The third-order valence-electron chi connectivity index (χ3n) is 4.77. The first kappa shape index (κ1) is 13.9. The smallest absolute Gasteiger partial charge is 0.0174 e. The Balaban J connectivity index is 2.63. The molecule has 0 aliphatic carbocycles. The summed E-state index contributed by atoms with van der Waals surface area (Å²) in [5.74, 6) is 0. The van der Waals surface area contributed by atoms with Gasteiger partial charge in [0.15, 0.2) is 0 Å². The molecular formula is C19H24. The third-order valence-corrected chi connectivity index (χ3v) is 4.77. The molecule has 0 radical (unpaired) electrons. The van der Waals surface area contributed by atoms with Crippen LogP contribution in [0.2, 0.25) is 0 Å². The van der Waals surface area contributed by atoms with Crippen molar-refractivity contribution in [3.8, 4) is 0 Å². The van der Waals surface area contributed by atoms with Gasteiger partial charge in [-0.25, -0.2) is 0 Å². The summed E-state index contributed by atoms with van der Waals surface area (Å²) in [5.41, 5.74) is 7.21. The molecule has 0 spiro atoms. The van der Waals surface area contributed by atoms with Crippen LogP contribution >= 0.6 is 0 Å². The monoisotopic (exact) mass is 252 g/mol. The molecule has 19 heavy (non-hydrogen) atoms. The molecule has 0 fully saturated rings. The zero-order valence-corrected chi connectivity index (χ0v) is 12.7. The van der Waals surface area contributed by atoms with Crippen LogP contribution < -0.4 is 0 Å². The van der Waals surface area contributed by atoms with E-state index >= 15 is 0 Å². The molecule has 0 aliphatic rings. The van der Waals surface area contributed by atoms with E-state index in [9.17, 15) is 0 Å². The fourth-order valence-corrected chi connectivity index (χ4v) is 2.91. The highest BCUT2D eigenvalue weighted by Crippen LogP contribution is 2.38. The Kier molecular flexibility index (Phi) is 3.80. The maximum Gasteiger partial charge on any atom is 0.0174 e. The molecule has 0 bridgehead atoms. The topological polar surface area (TPSA) is 0 Å². The predicted molar refractivity (Wildman–Crippen MR) is 83.8 cm³/mol. The number of benzene rings is 2. The van der Waals surface area contributed by atoms with E-state index in [0.717, 1.165) is 6.42 Å². The second-order valence-electron chi connectivity index (χ2n) is 5.73. The minimum atomic E-state index is 0.101. The second kappa shape index (κ2) is 5.21. The summed E-state index contributed by atoms with van der Waals surface area (Å²) in [7, 11) is 0. The fraction of sp³-hybridized carbons (Fsp3) is 0.368. The van der Waals surface area contributed by atoms with E-state index in [1.54, 1.807) is 0 Å². The highest BCUT2D eigenvalue weighted by molar-refractivity contribution is 5.47. The predicted octanol–water partition coefficient (Wildman–Crippen LogP) is 5.33. The molecule has 2 rings (SSSR count). The standard InChI is InChI=1S/C19H24/c1-6-19(5,17-10-8-7-9-11-17)18-13-12-14(2)15(3)16(18)4/h7-13H,6H2,1-5H3. The van der Waals surface area contributed by atoms with Gasteiger partial charge in [-0.05, 0) is 55.0 Å². The van der Waals surface area contributed by atoms with E-state index < -0.39 is 0 Å². The molecule has 0 aliphatic heterocycles. The number of hydrogen-bond acceptors (Lipinski definition) is 0. The lowest BCUT2D eigenvalue weighted by Crippen LogP contribution is -2.24. The van der Waals surface area contributed by atoms with Crippen LogP contribution in [0.3, 0.4) is 0 Å². The summed E-state index contributed by atoms with van der Waals surface area (Å²) < 4.78 is 0. The van der Waals surface area contributed by atoms with Crippen LogP contribution in [0.5, 0.6) is 0 Å². The van der Waals surface area contributed by atoms with Gasteiger partial charge < -0.3 is 0 Å². The van der Waals surface area contributed by atoms with Crippen molar-refractivity contribution in [3.05, 3.63) is 70.3 Å². The van der Waals surface area contributed by atoms with Gasteiger partial charge >= 0.3 is 0 Å². The first-order valence-electron chi connectivity index (χ1n) is 7.13. The maximum atomic E-state index is 2.36. The van der Waals surface area contributed by atoms with E-state index in [0.29, 0.717) is 0 Å². The Morgan fingerprint density at radius 3 is 2.05 bits per heavy atom. The van der Waals surface area contributed by atoms with Crippen LogP contribution in [-0.2, 0) is 5.41 Å². The van der Waals surface area contributed by atoms with Crippen molar-refractivity contribution < 1.29 is 0 Å². The quantitative estimate of drug-likeness (QED) is 0.692. The Hall–Kier alpha value is -1.56. The van der Waals surface area contributed by atoms with Crippen LogP contribution in [-0.4, -0.2) is 0 Å². The lowest BCUT2D eigenvalue weighted by Gasteiger charge is -2.32. The van der Waals surface area contributed by atoms with E-state index in [-0.39, 0.29) is 5.41 Å². The molecule has 0 N–H and O–H groups in total. The third kappa shape index (κ3) is 2.32. The van der Waals surface area contributed by atoms with Crippen LogP contribution in [0, 0.1) is 20.8 Å². The first-order valence-corrected chi connectivity index (χ1v) is 7.13. The second-order valence-corrected chi connectivity index (χ2v) is 5.73. The molecule has 0 amide bonds. The van der Waals surface area contributed by atoms with Crippen LogP contribution in [0.1, 0.15) is 48.1 Å². The molecule has 0 saturated heterocycles. The SMILES string of the molecule is CCC(C)(c1ccccc1)c1ccc(C)c(C)c1C. The number of aryl methyl sites for hydroxylation is 1. The van der Waals surface area contributed by atoms with Crippen LogP contribution in [0.25, 0.3) is 0 Å². The summed E-state index contributed by atoms with van der Waals surface area (Å²) in [6, 6.07) is 15.4. The molecule has 1 atom stereocenters. The van der Waals surface area contributed by atoms with Gasteiger partial charge in [0, 0.05) is 5.41 Å². The van der Waals surface area contributed by atoms with Crippen molar-refractivity contribution in [2.45, 2.75) is 46.5 Å². The number of rotatable bonds is 3. The number of hydrogen-bond donors (Lipinski definition) is 0. The average molecular weight is 252 g/mol. The van der Waals surface area contributed by atoms with Gasteiger partial charge in [-0.15, -0.1) is 0 Å². The molecule has 100 valence electrons. The van der Waals surface area contributed by atoms with Gasteiger partial charge in [0.1, 0.15) is 0 Å². The van der Waals surface area contributed by atoms with Crippen LogP contribution in [0.15, 0.2) is 42.5 Å². The van der Waals surface area contributed by atoms with E-state index in [4.69, 9.17) is 0 Å². The van der Waals surface area contributed by atoms with Crippen molar-refractivity contribution in [2.24, 2.45) is 0 Å². The van der Waals surface area contributed by atoms with Gasteiger partial charge in [0.25, 0.3) is 0 Å². The van der Waals surface area contributed by atoms with Gasteiger partial charge in [0.2, 0.25) is 0 Å².